The maximum absolute atomic E-state index is 14.2. The van der Waals surface area contributed by atoms with Gasteiger partial charge in [0.25, 0.3) is 5.91 Å². The lowest BCUT2D eigenvalue weighted by atomic mass is 9.94. The third kappa shape index (κ3) is 2.17. The van der Waals surface area contributed by atoms with E-state index in [1.54, 1.807) is 39.8 Å². The molecule has 0 saturated carbocycles. The summed E-state index contributed by atoms with van der Waals surface area (Å²) < 4.78 is 14.2. The number of hydrogen-bond acceptors (Lipinski definition) is 2. The van der Waals surface area contributed by atoms with Crippen molar-refractivity contribution >= 4 is 17.5 Å². The number of benzene rings is 1. The highest BCUT2D eigenvalue weighted by atomic mass is 19.1. The lowest BCUT2D eigenvalue weighted by Gasteiger charge is -2.43. The van der Waals surface area contributed by atoms with Crippen LogP contribution in [0.5, 0.6) is 0 Å². The van der Waals surface area contributed by atoms with E-state index >= 15 is 0 Å². The van der Waals surface area contributed by atoms with Crippen molar-refractivity contribution in [1.29, 1.82) is 0 Å². The average Bonchev–Trinajstić information content (AvgIpc) is 2.34. The number of nitrogens with zero attached hydrogens (tertiary/aromatic N) is 1. The Hall–Kier alpha value is -1.91. The van der Waals surface area contributed by atoms with Crippen molar-refractivity contribution < 1.29 is 14.0 Å². The van der Waals surface area contributed by atoms with Crippen LogP contribution in [0.25, 0.3) is 0 Å². The molecule has 5 heteroatoms. The van der Waals surface area contributed by atoms with Gasteiger partial charge in [0.15, 0.2) is 0 Å². The minimum absolute atomic E-state index is 0.201. The molecule has 1 aromatic rings. The van der Waals surface area contributed by atoms with Crippen molar-refractivity contribution in [3.63, 3.8) is 0 Å². The maximum atomic E-state index is 14.2. The molecule has 0 aromatic heterocycles. The Bertz CT molecular complexity index is 549. The molecule has 1 unspecified atom stereocenters. The van der Waals surface area contributed by atoms with Crippen LogP contribution in [0, 0.1) is 12.7 Å². The van der Waals surface area contributed by atoms with Gasteiger partial charge in [-0.05, 0) is 38.8 Å². The predicted molar refractivity (Wildman–Crippen MR) is 74.9 cm³/mol. The number of carbonyl (C=O) groups excluding carboxylic acids is 2. The minimum atomic E-state index is -1.03. The highest BCUT2D eigenvalue weighted by Gasteiger charge is 2.46. The zero-order valence-electron chi connectivity index (χ0n) is 12.2. The summed E-state index contributed by atoms with van der Waals surface area (Å²) >= 11 is 0. The zero-order valence-corrected chi connectivity index (χ0v) is 12.2. The Kier molecular flexibility index (Phi) is 3.54. The van der Waals surface area contributed by atoms with E-state index in [9.17, 15) is 14.0 Å². The van der Waals surface area contributed by atoms with Gasteiger partial charge in [-0.1, -0.05) is 19.1 Å². The molecule has 108 valence electrons. The van der Waals surface area contributed by atoms with Gasteiger partial charge >= 0.3 is 0 Å². The van der Waals surface area contributed by atoms with Crippen LogP contribution in [0.2, 0.25) is 0 Å². The quantitative estimate of drug-likeness (QED) is 0.901. The van der Waals surface area contributed by atoms with Gasteiger partial charge in [0.1, 0.15) is 17.4 Å². The summed E-state index contributed by atoms with van der Waals surface area (Å²) in [6.45, 7) is 6.79. The van der Waals surface area contributed by atoms with E-state index in [4.69, 9.17) is 0 Å². The topological polar surface area (TPSA) is 49.4 Å². The fraction of sp³-hybridized carbons (Fsp3) is 0.467. The van der Waals surface area contributed by atoms with Crippen LogP contribution in [-0.4, -0.2) is 23.4 Å². The number of amides is 2. The van der Waals surface area contributed by atoms with Gasteiger partial charge in [-0.25, -0.2) is 4.39 Å². The van der Waals surface area contributed by atoms with Crippen molar-refractivity contribution in [1.82, 2.24) is 5.32 Å². The van der Waals surface area contributed by atoms with Crippen molar-refractivity contribution in [2.75, 3.05) is 4.90 Å². The second-order valence-corrected chi connectivity index (χ2v) is 5.62. The second-order valence-electron chi connectivity index (χ2n) is 5.62. The minimum Gasteiger partial charge on any atom is -0.340 e. The molecule has 1 aliphatic rings. The van der Waals surface area contributed by atoms with Gasteiger partial charge in [-0.15, -0.1) is 0 Å². The number of anilines is 1. The van der Waals surface area contributed by atoms with Crippen LogP contribution in [0.3, 0.4) is 0 Å². The molecule has 2 rings (SSSR count). The highest BCUT2D eigenvalue weighted by molar-refractivity contribution is 6.10. The van der Waals surface area contributed by atoms with Crippen LogP contribution in [0.4, 0.5) is 10.1 Å². The lowest BCUT2D eigenvalue weighted by Crippen LogP contribution is -2.68. The van der Waals surface area contributed by atoms with Gasteiger partial charge in [-0.2, -0.15) is 0 Å². The standard InChI is InChI=1S/C15H19FN2O2/c1-5-11-13(19)17-15(3,4)14(20)18(11)12-9(2)7-6-8-10(12)16/h6-8,11H,5H2,1-4H3,(H,17,19). The third-order valence-corrected chi connectivity index (χ3v) is 3.62. The first-order chi connectivity index (χ1) is 9.29. The smallest absolute Gasteiger partial charge is 0.252 e. The summed E-state index contributed by atoms with van der Waals surface area (Å²) in [5.74, 6) is -1.03. The molecule has 0 spiro atoms. The maximum Gasteiger partial charge on any atom is 0.252 e. The van der Waals surface area contributed by atoms with Gasteiger partial charge < -0.3 is 5.32 Å². The normalized spacial score (nSPS) is 21.9. The van der Waals surface area contributed by atoms with Crippen molar-refractivity contribution in [2.45, 2.75) is 45.7 Å². The molecule has 1 N–H and O–H groups in total. The molecule has 1 aromatic carbocycles. The van der Waals surface area contributed by atoms with Gasteiger partial charge in [0.05, 0.1) is 5.69 Å². The molecule has 1 fully saturated rings. The zero-order chi connectivity index (χ0) is 15.1. The Labute approximate surface area is 118 Å². The number of para-hydroxylation sites is 1. The molecule has 2 amide bonds. The number of hydrogen-bond donors (Lipinski definition) is 1. The van der Waals surface area contributed by atoms with Gasteiger partial charge in [0.2, 0.25) is 5.91 Å². The first-order valence-corrected chi connectivity index (χ1v) is 6.70. The van der Waals surface area contributed by atoms with Crippen molar-refractivity contribution in [3.05, 3.63) is 29.6 Å². The predicted octanol–water partition coefficient (Wildman–Crippen LogP) is 2.15. The van der Waals surface area contributed by atoms with E-state index in [2.05, 4.69) is 5.32 Å². The monoisotopic (exact) mass is 278 g/mol. The molecule has 4 nitrogen and oxygen atoms in total. The number of rotatable bonds is 2. The van der Waals surface area contributed by atoms with Crippen LogP contribution in [0.15, 0.2) is 18.2 Å². The molecule has 0 radical (unpaired) electrons. The molecule has 20 heavy (non-hydrogen) atoms. The van der Waals surface area contributed by atoms with Gasteiger partial charge in [0, 0.05) is 0 Å². The fourth-order valence-corrected chi connectivity index (χ4v) is 2.56. The van der Waals surface area contributed by atoms with Crippen LogP contribution >= 0.6 is 0 Å². The Balaban J connectivity index is 2.60. The average molecular weight is 278 g/mol. The molecule has 0 aliphatic carbocycles. The number of piperazine rings is 1. The number of aryl methyl sites for hydroxylation is 1. The van der Waals surface area contributed by atoms with Crippen molar-refractivity contribution in [2.24, 2.45) is 0 Å². The Morgan fingerprint density at radius 2 is 2.00 bits per heavy atom. The summed E-state index contributed by atoms with van der Waals surface area (Å²) in [6.07, 6.45) is 0.432. The van der Waals surface area contributed by atoms with E-state index in [0.29, 0.717) is 12.0 Å². The number of halogens is 1. The summed E-state index contributed by atoms with van der Waals surface area (Å²) in [4.78, 5) is 26.1. The molecular formula is C15H19FN2O2. The lowest BCUT2D eigenvalue weighted by molar-refractivity contribution is -0.137. The molecule has 1 atom stereocenters. The largest absolute Gasteiger partial charge is 0.340 e. The summed E-state index contributed by atoms with van der Waals surface area (Å²) in [6, 6.07) is 3.96. The molecular weight excluding hydrogens is 259 g/mol. The first-order valence-electron chi connectivity index (χ1n) is 6.70. The third-order valence-electron chi connectivity index (χ3n) is 3.62. The van der Waals surface area contributed by atoms with E-state index in [0.717, 1.165) is 0 Å². The molecule has 1 saturated heterocycles. The number of carbonyl (C=O) groups is 2. The summed E-state index contributed by atoms with van der Waals surface area (Å²) in [5.41, 5.74) is -0.188. The van der Waals surface area contributed by atoms with Crippen LogP contribution < -0.4 is 10.2 Å². The van der Waals surface area contributed by atoms with E-state index in [1.165, 1.54) is 11.0 Å². The molecule has 0 bridgehead atoms. The highest BCUT2D eigenvalue weighted by Crippen LogP contribution is 2.31. The Morgan fingerprint density at radius 1 is 1.35 bits per heavy atom. The van der Waals surface area contributed by atoms with E-state index < -0.39 is 17.4 Å². The molecule has 1 heterocycles. The summed E-state index contributed by atoms with van der Waals surface area (Å²) in [7, 11) is 0. The molecule has 1 aliphatic heterocycles. The Morgan fingerprint density at radius 3 is 2.55 bits per heavy atom. The second kappa shape index (κ2) is 4.89. The van der Waals surface area contributed by atoms with E-state index in [1.807, 2.05) is 0 Å². The first kappa shape index (κ1) is 14.5. The van der Waals surface area contributed by atoms with Crippen molar-refractivity contribution in [3.8, 4) is 0 Å². The number of nitrogens with one attached hydrogen (secondary N) is 1. The van der Waals surface area contributed by atoms with Crippen LogP contribution in [0.1, 0.15) is 32.8 Å². The van der Waals surface area contributed by atoms with Gasteiger partial charge in [-0.3, -0.25) is 14.5 Å². The summed E-state index contributed by atoms with van der Waals surface area (Å²) in [5, 5.41) is 2.69. The van der Waals surface area contributed by atoms with Crippen LogP contribution in [-0.2, 0) is 9.59 Å². The fourth-order valence-electron chi connectivity index (χ4n) is 2.56. The van der Waals surface area contributed by atoms with E-state index in [-0.39, 0.29) is 17.5 Å². The SMILES string of the molecule is CCC1C(=O)NC(C)(C)C(=O)N1c1c(C)cccc1F.